The van der Waals surface area contributed by atoms with Crippen molar-refractivity contribution in [2.75, 3.05) is 18.1 Å². The van der Waals surface area contributed by atoms with Gasteiger partial charge in [-0.15, -0.1) is 0 Å². The van der Waals surface area contributed by atoms with E-state index in [4.69, 9.17) is 0 Å². The van der Waals surface area contributed by atoms with E-state index >= 15 is 0 Å². The van der Waals surface area contributed by atoms with Gasteiger partial charge in [0.1, 0.15) is 0 Å². The quantitative estimate of drug-likeness (QED) is 0.783. The van der Waals surface area contributed by atoms with Crippen LogP contribution in [0.1, 0.15) is 32.1 Å². The molecule has 1 saturated heterocycles. The van der Waals surface area contributed by atoms with Crippen LogP contribution < -0.4 is 10.6 Å². The zero-order chi connectivity index (χ0) is 12.3. The van der Waals surface area contributed by atoms with E-state index in [0.29, 0.717) is 19.0 Å². The number of carbonyl (C=O) groups excluding carboxylic acids is 1. The molecule has 0 spiro atoms. The molecule has 1 aliphatic carbocycles. The van der Waals surface area contributed by atoms with Crippen molar-refractivity contribution in [1.82, 2.24) is 10.6 Å². The molecule has 1 saturated carbocycles. The van der Waals surface area contributed by atoms with Crippen LogP contribution in [-0.2, 0) is 9.84 Å². The Hall–Kier alpha value is -0.780. The Morgan fingerprint density at radius 2 is 1.88 bits per heavy atom. The average molecular weight is 260 g/mol. The monoisotopic (exact) mass is 260 g/mol. The Kier molecular flexibility index (Phi) is 3.91. The molecule has 98 valence electrons. The second-order valence-corrected chi connectivity index (χ2v) is 7.33. The minimum Gasteiger partial charge on any atom is -0.338 e. The molecule has 0 aromatic heterocycles. The van der Waals surface area contributed by atoms with Gasteiger partial charge < -0.3 is 10.6 Å². The lowest BCUT2D eigenvalue weighted by Crippen LogP contribution is -2.42. The Bertz CT molecular complexity index is 374. The number of carbonyl (C=O) groups is 1. The lowest BCUT2D eigenvalue weighted by atomic mass is 10.1. The second kappa shape index (κ2) is 5.25. The van der Waals surface area contributed by atoms with Crippen molar-refractivity contribution in [3.8, 4) is 0 Å². The summed E-state index contributed by atoms with van der Waals surface area (Å²) in [6.07, 6.45) is 5.17. The Morgan fingerprint density at radius 3 is 2.47 bits per heavy atom. The highest BCUT2D eigenvalue weighted by Crippen LogP contribution is 2.18. The predicted octanol–water partition coefficient (Wildman–Crippen LogP) is 0.663. The summed E-state index contributed by atoms with van der Waals surface area (Å²) >= 11 is 0. The fourth-order valence-corrected chi connectivity index (χ4v) is 4.44. The Morgan fingerprint density at radius 1 is 1.18 bits per heavy atom. The fourth-order valence-electron chi connectivity index (χ4n) is 2.58. The van der Waals surface area contributed by atoms with Gasteiger partial charge in [-0.2, -0.15) is 0 Å². The summed E-state index contributed by atoms with van der Waals surface area (Å²) in [5, 5.41) is 5.70. The molecule has 2 N–H and O–H groups in total. The van der Waals surface area contributed by atoms with Gasteiger partial charge in [0.15, 0.2) is 9.84 Å². The third kappa shape index (κ3) is 3.87. The summed E-state index contributed by atoms with van der Waals surface area (Å²) in [6, 6.07) is 0.156. The molecular formula is C11H20N2O3S. The first-order valence-electron chi connectivity index (χ1n) is 6.30. The van der Waals surface area contributed by atoms with Crippen LogP contribution in [0.5, 0.6) is 0 Å². The van der Waals surface area contributed by atoms with Gasteiger partial charge in [0, 0.05) is 12.6 Å². The molecule has 2 fully saturated rings. The topological polar surface area (TPSA) is 75.3 Å². The lowest BCUT2D eigenvalue weighted by Gasteiger charge is -2.14. The molecule has 5 nitrogen and oxygen atoms in total. The highest BCUT2D eigenvalue weighted by Gasteiger charge is 2.28. The SMILES string of the molecule is O=C(NCC1CCS(=O)(=O)C1)NC1CCCC1. The van der Waals surface area contributed by atoms with Gasteiger partial charge in [0.05, 0.1) is 11.5 Å². The van der Waals surface area contributed by atoms with Crippen LogP contribution in [0.3, 0.4) is 0 Å². The Balaban J connectivity index is 1.66. The van der Waals surface area contributed by atoms with E-state index in [-0.39, 0.29) is 23.5 Å². The van der Waals surface area contributed by atoms with Crippen molar-refractivity contribution in [3.63, 3.8) is 0 Å². The molecule has 1 atom stereocenters. The minimum atomic E-state index is -2.84. The van der Waals surface area contributed by atoms with E-state index < -0.39 is 9.84 Å². The number of rotatable bonds is 3. The first kappa shape index (κ1) is 12.7. The molecule has 2 aliphatic rings. The molecule has 17 heavy (non-hydrogen) atoms. The van der Waals surface area contributed by atoms with Crippen LogP contribution in [-0.4, -0.2) is 38.5 Å². The van der Waals surface area contributed by atoms with E-state index in [1.807, 2.05) is 0 Å². The molecule has 6 heteroatoms. The van der Waals surface area contributed by atoms with Crippen LogP contribution in [0.25, 0.3) is 0 Å². The van der Waals surface area contributed by atoms with Crippen LogP contribution in [0.4, 0.5) is 4.79 Å². The predicted molar refractivity (Wildman–Crippen MR) is 65.6 cm³/mol. The number of hydrogen-bond acceptors (Lipinski definition) is 3. The molecule has 0 bridgehead atoms. The minimum absolute atomic E-state index is 0.0920. The van der Waals surface area contributed by atoms with Crippen molar-refractivity contribution in [2.24, 2.45) is 5.92 Å². The van der Waals surface area contributed by atoms with Crippen molar-refractivity contribution < 1.29 is 13.2 Å². The maximum Gasteiger partial charge on any atom is 0.315 e. The number of amides is 2. The smallest absolute Gasteiger partial charge is 0.315 e. The zero-order valence-electron chi connectivity index (χ0n) is 9.94. The van der Waals surface area contributed by atoms with Crippen molar-refractivity contribution >= 4 is 15.9 Å². The molecule has 2 rings (SSSR count). The van der Waals surface area contributed by atoms with E-state index in [2.05, 4.69) is 10.6 Å². The van der Waals surface area contributed by atoms with Crippen LogP contribution in [0, 0.1) is 5.92 Å². The largest absolute Gasteiger partial charge is 0.338 e. The van der Waals surface area contributed by atoms with E-state index in [1.54, 1.807) is 0 Å². The first-order chi connectivity index (χ1) is 8.05. The van der Waals surface area contributed by atoms with Crippen LogP contribution in [0.2, 0.25) is 0 Å². The van der Waals surface area contributed by atoms with Gasteiger partial charge >= 0.3 is 6.03 Å². The zero-order valence-corrected chi connectivity index (χ0v) is 10.8. The summed E-state index contributed by atoms with van der Waals surface area (Å²) in [4.78, 5) is 11.5. The van der Waals surface area contributed by atoms with Gasteiger partial charge in [-0.3, -0.25) is 0 Å². The molecule has 0 aromatic carbocycles. The summed E-state index contributed by atoms with van der Waals surface area (Å²) in [5.74, 6) is 0.578. The summed E-state index contributed by atoms with van der Waals surface area (Å²) in [7, 11) is -2.84. The summed E-state index contributed by atoms with van der Waals surface area (Å²) in [5.41, 5.74) is 0. The van der Waals surface area contributed by atoms with Gasteiger partial charge in [-0.05, 0) is 25.2 Å². The van der Waals surface area contributed by atoms with E-state index in [9.17, 15) is 13.2 Å². The van der Waals surface area contributed by atoms with Gasteiger partial charge in [-0.1, -0.05) is 12.8 Å². The van der Waals surface area contributed by atoms with Gasteiger partial charge in [-0.25, -0.2) is 13.2 Å². The maximum atomic E-state index is 11.5. The summed E-state index contributed by atoms with van der Waals surface area (Å²) in [6.45, 7) is 0.470. The Labute approximate surface area is 102 Å². The molecule has 1 unspecified atom stereocenters. The third-order valence-electron chi connectivity index (χ3n) is 3.57. The highest BCUT2D eigenvalue weighted by molar-refractivity contribution is 7.91. The first-order valence-corrected chi connectivity index (χ1v) is 8.12. The molecule has 0 aromatic rings. The van der Waals surface area contributed by atoms with Gasteiger partial charge in [0.25, 0.3) is 0 Å². The number of hydrogen-bond donors (Lipinski definition) is 2. The summed E-state index contributed by atoms with van der Waals surface area (Å²) < 4.78 is 22.5. The molecule has 0 radical (unpaired) electrons. The van der Waals surface area contributed by atoms with Crippen molar-refractivity contribution in [2.45, 2.75) is 38.1 Å². The highest BCUT2D eigenvalue weighted by atomic mass is 32.2. The number of sulfone groups is 1. The fraction of sp³-hybridized carbons (Fsp3) is 0.909. The molecule has 1 heterocycles. The van der Waals surface area contributed by atoms with E-state index in [0.717, 1.165) is 12.8 Å². The van der Waals surface area contributed by atoms with E-state index in [1.165, 1.54) is 12.8 Å². The second-order valence-electron chi connectivity index (χ2n) is 5.10. The standard InChI is InChI=1S/C11H20N2O3S/c14-11(13-10-3-1-2-4-10)12-7-9-5-6-17(15,16)8-9/h9-10H,1-8H2,(H2,12,13,14). The number of nitrogens with one attached hydrogen (secondary N) is 2. The molecule has 1 aliphatic heterocycles. The van der Waals surface area contributed by atoms with Crippen LogP contribution in [0.15, 0.2) is 0 Å². The van der Waals surface area contributed by atoms with Crippen LogP contribution >= 0.6 is 0 Å². The maximum absolute atomic E-state index is 11.5. The van der Waals surface area contributed by atoms with Crippen molar-refractivity contribution in [3.05, 3.63) is 0 Å². The van der Waals surface area contributed by atoms with Gasteiger partial charge in [0.2, 0.25) is 0 Å². The third-order valence-corrected chi connectivity index (χ3v) is 5.41. The average Bonchev–Trinajstić information content (AvgIpc) is 2.85. The molecular weight excluding hydrogens is 240 g/mol. The normalized spacial score (nSPS) is 28.1. The van der Waals surface area contributed by atoms with Crippen molar-refractivity contribution in [1.29, 1.82) is 0 Å². The number of urea groups is 1. The molecule has 2 amide bonds. The lowest BCUT2D eigenvalue weighted by molar-refractivity contribution is 0.235.